The Morgan fingerprint density at radius 2 is 2.40 bits per heavy atom. The molecule has 1 aromatic rings. The third-order valence-corrected chi connectivity index (χ3v) is 1.04. The molecule has 1 heterocycles. The van der Waals surface area contributed by atoms with Crippen molar-refractivity contribution in [2.75, 3.05) is 12.0 Å². The number of anilines is 1. The minimum Gasteiger partial charge on any atom is -0.356 e. The van der Waals surface area contributed by atoms with Crippen LogP contribution in [-0.2, 0) is 0 Å². The Balaban J connectivity index is 2.43. The molecule has 0 amide bonds. The zero-order valence-electron chi connectivity index (χ0n) is 5.54. The smallest absolute Gasteiger partial charge is 0.126 e. The molecule has 1 rings (SSSR count). The second-order valence-electron chi connectivity index (χ2n) is 1.77. The third-order valence-electron chi connectivity index (χ3n) is 1.04. The van der Waals surface area contributed by atoms with Gasteiger partial charge >= 0.3 is 0 Å². The Hall–Kier alpha value is -1.13. The molecule has 0 fully saturated rings. The van der Waals surface area contributed by atoms with E-state index in [1.807, 2.05) is 18.2 Å². The van der Waals surface area contributed by atoms with Crippen LogP contribution in [0.3, 0.4) is 0 Å². The maximum absolute atomic E-state index is 5.04. The zero-order chi connectivity index (χ0) is 7.23. The number of aromatic nitrogens is 1. The van der Waals surface area contributed by atoms with Crippen molar-refractivity contribution in [3.8, 4) is 0 Å². The highest BCUT2D eigenvalue weighted by Gasteiger charge is 1.85. The van der Waals surface area contributed by atoms with E-state index in [0.29, 0.717) is 6.67 Å². The van der Waals surface area contributed by atoms with Crippen LogP contribution in [0, 0.1) is 0 Å². The molecule has 10 heavy (non-hydrogen) atoms. The van der Waals surface area contributed by atoms with Gasteiger partial charge in [-0.15, -0.1) is 0 Å². The summed E-state index contributed by atoms with van der Waals surface area (Å²) in [6.07, 6.45) is 1.72. The average Bonchev–Trinajstić information content (AvgIpc) is 2.03. The van der Waals surface area contributed by atoms with Gasteiger partial charge in [-0.3, -0.25) is 5.84 Å². The molecule has 0 saturated carbocycles. The lowest BCUT2D eigenvalue weighted by molar-refractivity contribution is 0.787. The molecule has 1 aromatic heterocycles. The predicted molar refractivity (Wildman–Crippen MR) is 40.0 cm³/mol. The summed E-state index contributed by atoms with van der Waals surface area (Å²) in [5.74, 6) is 5.86. The van der Waals surface area contributed by atoms with E-state index in [2.05, 4.69) is 15.7 Å². The molecule has 0 unspecified atom stereocenters. The summed E-state index contributed by atoms with van der Waals surface area (Å²) in [5, 5.41) is 2.95. The maximum atomic E-state index is 5.04. The molecule has 0 aliphatic carbocycles. The third kappa shape index (κ3) is 2.00. The number of pyridine rings is 1. The normalized spacial score (nSPS) is 9.30. The fourth-order valence-electron chi connectivity index (χ4n) is 0.609. The number of nitrogens with zero attached hydrogens (tertiary/aromatic N) is 1. The van der Waals surface area contributed by atoms with Crippen LogP contribution in [0.1, 0.15) is 0 Å². The van der Waals surface area contributed by atoms with E-state index < -0.39 is 0 Å². The first-order valence-corrected chi connectivity index (χ1v) is 3.02. The van der Waals surface area contributed by atoms with Gasteiger partial charge in [0.1, 0.15) is 5.82 Å². The molecule has 0 spiro atoms. The van der Waals surface area contributed by atoms with Crippen LogP contribution in [0.4, 0.5) is 5.82 Å². The van der Waals surface area contributed by atoms with Gasteiger partial charge in [-0.25, -0.2) is 10.4 Å². The summed E-state index contributed by atoms with van der Waals surface area (Å²) >= 11 is 0. The van der Waals surface area contributed by atoms with Crippen molar-refractivity contribution in [3.05, 3.63) is 24.4 Å². The van der Waals surface area contributed by atoms with Crippen LogP contribution >= 0.6 is 0 Å². The van der Waals surface area contributed by atoms with Crippen molar-refractivity contribution in [1.82, 2.24) is 10.4 Å². The Kier molecular flexibility index (Phi) is 2.66. The standard InChI is InChI=1S/C6H10N4/c7-10-5-9-6-3-1-2-4-8-6/h1-4,10H,5,7H2,(H,8,9). The van der Waals surface area contributed by atoms with Crippen molar-refractivity contribution in [2.24, 2.45) is 5.84 Å². The van der Waals surface area contributed by atoms with E-state index in [1.165, 1.54) is 0 Å². The maximum Gasteiger partial charge on any atom is 0.126 e. The fraction of sp³-hybridized carbons (Fsp3) is 0.167. The molecule has 0 radical (unpaired) electrons. The van der Waals surface area contributed by atoms with Crippen LogP contribution in [-0.4, -0.2) is 11.7 Å². The van der Waals surface area contributed by atoms with Gasteiger partial charge in [0.2, 0.25) is 0 Å². The van der Waals surface area contributed by atoms with Gasteiger partial charge < -0.3 is 5.32 Å². The predicted octanol–water partition coefficient (Wildman–Crippen LogP) is -0.0857. The highest BCUT2D eigenvalue weighted by Crippen LogP contribution is 1.96. The lowest BCUT2D eigenvalue weighted by Crippen LogP contribution is -2.28. The molecular formula is C6H10N4. The van der Waals surface area contributed by atoms with E-state index in [0.717, 1.165) is 5.82 Å². The topological polar surface area (TPSA) is 63.0 Å². The molecular weight excluding hydrogens is 128 g/mol. The second-order valence-corrected chi connectivity index (χ2v) is 1.77. The highest BCUT2D eigenvalue weighted by atomic mass is 15.3. The summed E-state index contributed by atoms with van der Waals surface area (Å²) in [4.78, 5) is 4.01. The number of nitrogens with one attached hydrogen (secondary N) is 2. The van der Waals surface area contributed by atoms with Crippen LogP contribution in [0.15, 0.2) is 24.4 Å². The first kappa shape index (κ1) is 6.98. The van der Waals surface area contributed by atoms with Gasteiger partial charge in [-0.05, 0) is 12.1 Å². The van der Waals surface area contributed by atoms with Gasteiger partial charge in [0.15, 0.2) is 0 Å². The van der Waals surface area contributed by atoms with Gasteiger partial charge in [0, 0.05) is 6.20 Å². The SMILES string of the molecule is NNCNc1ccccn1. The lowest BCUT2D eigenvalue weighted by Gasteiger charge is -2.01. The van der Waals surface area contributed by atoms with Crippen molar-refractivity contribution < 1.29 is 0 Å². The number of hydrogen-bond donors (Lipinski definition) is 3. The van der Waals surface area contributed by atoms with Gasteiger partial charge in [0.25, 0.3) is 0 Å². The first-order valence-electron chi connectivity index (χ1n) is 3.02. The Morgan fingerprint density at radius 3 is 3.00 bits per heavy atom. The second kappa shape index (κ2) is 3.81. The zero-order valence-corrected chi connectivity index (χ0v) is 5.54. The molecule has 4 nitrogen and oxygen atoms in total. The fourth-order valence-corrected chi connectivity index (χ4v) is 0.609. The van der Waals surface area contributed by atoms with E-state index in [4.69, 9.17) is 5.84 Å². The molecule has 54 valence electrons. The Bertz CT molecular complexity index is 174. The summed E-state index contributed by atoms with van der Waals surface area (Å²) in [5.41, 5.74) is 2.47. The molecule has 0 saturated heterocycles. The van der Waals surface area contributed by atoms with E-state index in [-0.39, 0.29) is 0 Å². The number of hydrazine groups is 1. The quantitative estimate of drug-likeness (QED) is 0.310. The molecule has 0 bridgehead atoms. The molecule has 0 aliphatic heterocycles. The minimum absolute atomic E-state index is 0.525. The molecule has 0 aliphatic rings. The summed E-state index contributed by atoms with van der Waals surface area (Å²) < 4.78 is 0. The van der Waals surface area contributed by atoms with Gasteiger partial charge in [0.05, 0.1) is 6.67 Å². The average molecular weight is 138 g/mol. The van der Waals surface area contributed by atoms with Crippen molar-refractivity contribution in [1.29, 1.82) is 0 Å². The monoisotopic (exact) mass is 138 g/mol. The molecule has 0 atom stereocenters. The summed E-state index contributed by atoms with van der Waals surface area (Å²) in [7, 11) is 0. The molecule has 0 aromatic carbocycles. The van der Waals surface area contributed by atoms with Crippen molar-refractivity contribution >= 4 is 5.82 Å². The Labute approximate surface area is 59.4 Å². The van der Waals surface area contributed by atoms with E-state index >= 15 is 0 Å². The number of hydrogen-bond acceptors (Lipinski definition) is 4. The highest BCUT2D eigenvalue weighted by molar-refractivity contribution is 5.32. The first-order chi connectivity index (χ1) is 4.93. The van der Waals surface area contributed by atoms with Crippen LogP contribution in [0.25, 0.3) is 0 Å². The minimum atomic E-state index is 0.525. The van der Waals surface area contributed by atoms with Crippen LogP contribution < -0.4 is 16.6 Å². The van der Waals surface area contributed by atoms with Crippen LogP contribution in [0.2, 0.25) is 0 Å². The molecule has 4 heteroatoms. The summed E-state index contributed by atoms with van der Waals surface area (Å²) in [6, 6.07) is 5.64. The van der Waals surface area contributed by atoms with E-state index in [1.54, 1.807) is 6.20 Å². The number of nitrogens with two attached hydrogens (primary N) is 1. The molecule has 4 N–H and O–H groups in total. The van der Waals surface area contributed by atoms with E-state index in [9.17, 15) is 0 Å². The van der Waals surface area contributed by atoms with Gasteiger partial charge in [-0.1, -0.05) is 6.07 Å². The van der Waals surface area contributed by atoms with Crippen molar-refractivity contribution in [3.63, 3.8) is 0 Å². The largest absolute Gasteiger partial charge is 0.356 e. The summed E-state index contributed by atoms with van der Waals surface area (Å²) in [6.45, 7) is 0.525. The lowest BCUT2D eigenvalue weighted by atomic mass is 10.5. The van der Waals surface area contributed by atoms with Crippen LogP contribution in [0.5, 0.6) is 0 Å². The Morgan fingerprint density at radius 1 is 1.50 bits per heavy atom. The van der Waals surface area contributed by atoms with Crippen molar-refractivity contribution in [2.45, 2.75) is 0 Å². The van der Waals surface area contributed by atoms with Gasteiger partial charge in [-0.2, -0.15) is 0 Å². The number of rotatable bonds is 3.